The molecule has 0 radical (unpaired) electrons. The van der Waals surface area contributed by atoms with Crippen LogP contribution < -0.4 is 20.1 Å². The number of rotatable bonds is 4. The van der Waals surface area contributed by atoms with Crippen molar-refractivity contribution < 1.29 is 40.6 Å². The summed E-state index contributed by atoms with van der Waals surface area (Å²) in [4.78, 5) is 12.1. The molecule has 0 aliphatic rings. The lowest BCUT2D eigenvalue weighted by molar-refractivity contribution is -0.143. The van der Waals surface area contributed by atoms with Crippen LogP contribution in [0.3, 0.4) is 0 Å². The van der Waals surface area contributed by atoms with Gasteiger partial charge in [-0.05, 0) is 30.3 Å². The Labute approximate surface area is 155 Å². The number of anilines is 2. The monoisotopic (exact) mass is 408 g/mol. The third-order valence-corrected chi connectivity index (χ3v) is 3.51. The summed E-state index contributed by atoms with van der Waals surface area (Å²) in [6, 6.07) is 4.18. The summed E-state index contributed by atoms with van der Waals surface area (Å²) in [5, 5.41) is 4.24. The Kier molecular flexibility index (Phi) is 5.95. The highest BCUT2D eigenvalue weighted by molar-refractivity contribution is 6.01. The fourth-order valence-electron chi connectivity index (χ4n) is 2.28. The first-order chi connectivity index (χ1) is 13.0. The molecule has 11 heteroatoms. The molecule has 2 rings (SSSR count). The minimum Gasteiger partial charge on any atom is -0.494 e. The maximum Gasteiger partial charge on any atom is 0.416 e. The highest BCUT2D eigenvalue weighted by atomic mass is 19.4. The number of hydrogen-bond acceptors (Lipinski definition) is 3. The number of alkyl halides is 6. The topological polar surface area (TPSA) is 59.6 Å². The fourth-order valence-corrected chi connectivity index (χ4v) is 2.28. The molecule has 0 heterocycles. The third kappa shape index (κ3) is 4.99. The van der Waals surface area contributed by atoms with E-state index in [1.807, 2.05) is 5.32 Å². The van der Waals surface area contributed by atoms with Crippen LogP contribution >= 0.6 is 0 Å². The Hall–Kier alpha value is -3.11. The van der Waals surface area contributed by atoms with E-state index in [0.29, 0.717) is 12.1 Å². The number of urea groups is 1. The first-order valence-electron chi connectivity index (χ1n) is 7.54. The van der Waals surface area contributed by atoms with E-state index >= 15 is 0 Å². The second kappa shape index (κ2) is 7.87. The van der Waals surface area contributed by atoms with Crippen molar-refractivity contribution in [3.05, 3.63) is 47.5 Å². The Bertz CT molecular complexity index is 810. The van der Waals surface area contributed by atoms with Crippen LogP contribution in [-0.2, 0) is 12.4 Å². The van der Waals surface area contributed by atoms with Crippen molar-refractivity contribution in [1.29, 1.82) is 0 Å². The van der Waals surface area contributed by atoms with Gasteiger partial charge in [-0.3, -0.25) is 0 Å². The second-order valence-electron chi connectivity index (χ2n) is 5.41. The van der Waals surface area contributed by atoms with E-state index < -0.39 is 35.2 Å². The summed E-state index contributed by atoms with van der Waals surface area (Å²) < 4.78 is 87.4. The zero-order valence-electron chi connectivity index (χ0n) is 14.5. The van der Waals surface area contributed by atoms with E-state index in [1.165, 1.54) is 26.4 Å². The summed E-state index contributed by atoms with van der Waals surface area (Å²) in [5.74, 6) is 0.351. The molecule has 0 saturated heterocycles. The van der Waals surface area contributed by atoms with Crippen molar-refractivity contribution >= 4 is 17.4 Å². The van der Waals surface area contributed by atoms with Gasteiger partial charge in [0.25, 0.3) is 0 Å². The zero-order valence-corrected chi connectivity index (χ0v) is 14.5. The van der Waals surface area contributed by atoms with Gasteiger partial charge in [-0.25, -0.2) is 4.79 Å². The minimum atomic E-state index is -5.03. The number of methoxy groups -OCH3 is 2. The van der Waals surface area contributed by atoms with Crippen molar-refractivity contribution in [2.24, 2.45) is 0 Å². The molecule has 2 amide bonds. The molecule has 0 bridgehead atoms. The number of para-hydroxylation sites is 1. The zero-order chi connectivity index (χ0) is 21.1. The normalized spacial score (nSPS) is 11.7. The number of carbonyl (C=O) groups excluding carboxylic acids is 1. The summed E-state index contributed by atoms with van der Waals surface area (Å²) in [7, 11) is 2.61. The van der Waals surface area contributed by atoms with Crippen LogP contribution in [0, 0.1) is 0 Å². The lowest BCUT2D eigenvalue weighted by atomic mass is 10.1. The molecular weight excluding hydrogens is 394 g/mol. The van der Waals surface area contributed by atoms with E-state index in [4.69, 9.17) is 9.47 Å². The minimum absolute atomic E-state index is 0.0354. The van der Waals surface area contributed by atoms with Gasteiger partial charge < -0.3 is 20.1 Å². The van der Waals surface area contributed by atoms with Crippen molar-refractivity contribution in [1.82, 2.24) is 0 Å². The molecule has 0 unspecified atom stereocenters. The van der Waals surface area contributed by atoms with E-state index in [2.05, 4.69) is 5.32 Å². The first kappa shape index (κ1) is 21.2. The molecule has 0 spiro atoms. The lowest BCUT2D eigenvalue weighted by Gasteiger charge is -2.16. The van der Waals surface area contributed by atoms with Gasteiger partial charge in [0.15, 0.2) is 0 Å². The van der Waals surface area contributed by atoms with Crippen molar-refractivity contribution in [2.75, 3.05) is 24.9 Å². The molecule has 0 aromatic heterocycles. The van der Waals surface area contributed by atoms with Gasteiger partial charge in [-0.15, -0.1) is 0 Å². The van der Waals surface area contributed by atoms with Crippen LogP contribution in [0.1, 0.15) is 11.1 Å². The maximum absolute atomic E-state index is 12.9. The van der Waals surface area contributed by atoms with Gasteiger partial charge in [0, 0.05) is 5.69 Å². The van der Waals surface area contributed by atoms with Gasteiger partial charge in [-0.1, -0.05) is 6.07 Å². The average molecular weight is 408 g/mol. The predicted molar refractivity (Wildman–Crippen MR) is 88.6 cm³/mol. The van der Waals surface area contributed by atoms with Crippen molar-refractivity contribution in [3.63, 3.8) is 0 Å². The molecular formula is C17H14F6N2O3. The number of ether oxygens (including phenoxy) is 2. The van der Waals surface area contributed by atoms with E-state index in [9.17, 15) is 31.1 Å². The molecule has 5 nitrogen and oxygen atoms in total. The molecule has 2 N–H and O–H groups in total. The molecule has 0 aliphatic heterocycles. The van der Waals surface area contributed by atoms with Gasteiger partial charge in [0.05, 0.1) is 25.3 Å². The molecule has 28 heavy (non-hydrogen) atoms. The number of halogens is 6. The maximum atomic E-state index is 12.9. The van der Waals surface area contributed by atoms with Crippen LogP contribution in [0.4, 0.5) is 42.5 Å². The molecule has 0 fully saturated rings. The van der Waals surface area contributed by atoms with E-state index in [0.717, 1.165) is 0 Å². The Morgan fingerprint density at radius 2 is 1.29 bits per heavy atom. The summed E-state index contributed by atoms with van der Waals surface area (Å²) >= 11 is 0. The molecule has 2 aromatic rings. The second-order valence-corrected chi connectivity index (χ2v) is 5.41. The summed E-state index contributed by atoms with van der Waals surface area (Å²) in [6.07, 6.45) is -10.1. The van der Waals surface area contributed by atoms with Crippen molar-refractivity contribution in [3.8, 4) is 11.5 Å². The number of carbonyl (C=O) groups is 1. The largest absolute Gasteiger partial charge is 0.494 e. The van der Waals surface area contributed by atoms with Crippen LogP contribution in [0.2, 0.25) is 0 Å². The predicted octanol–water partition coefficient (Wildman–Crippen LogP) is 5.39. The molecule has 0 atom stereocenters. The van der Waals surface area contributed by atoms with Crippen LogP contribution in [-0.4, -0.2) is 20.3 Å². The fraction of sp³-hybridized carbons (Fsp3) is 0.235. The number of amides is 2. The average Bonchev–Trinajstić information content (AvgIpc) is 2.60. The van der Waals surface area contributed by atoms with Gasteiger partial charge >= 0.3 is 18.4 Å². The molecule has 0 aliphatic carbocycles. The van der Waals surface area contributed by atoms with Gasteiger partial charge in [-0.2, -0.15) is 26.3 Å². The molecule has 152 valence electrons. The van der Waals surface area contributed by atoms with Gasteiger partial charge in [0.1, 0.15) is 17.2 Å². The van der Waals surface area contributed by atoms with Crippen LogP contribution in [0.5, 0.6) is 11.5 Å². The van der Waals surface area contributed by atoms with Crippen LogP contribution in [0.15, 0.2) is 36.4 Å². The molecule has 2 aromatic carbocycles. The van der Waals surface area contributed by atoms with E-state index in [1.54, 1.807) is 6.07 Å². The standard InChI is InChI=1S/C17H14F6N2O3/c1-27-12-4-3-5-13(28-2)14(12)25-15(26)24-11-7-9(16(18,19)20)6-10(8-11)17(21,22)23/h3-8H,1-2H3,(H2,24,25,26). The Balaban J connectivity index is 2.34. The lowest BCUT2D eigenvalue weighted by Crippen LogP contribution is -2.21. The smallest absolute Gasteiger partial charge is 0.416 e. The quantitative estimate of drug-likeness (QED) is 0.668. The number of hydrogen-bond donors (Lipinski definition) is 2. The van der Waals surface area contributed by atoms with Gasteiger partial charge in [0.2, 0.25) is 0 Å². The molecule has 0 saturated carbocycles. The summed E-state index contributed by atoms with van der Waals surface area (Å²) in [5.41, 5.74) is -3.73. The summed E-state index contributed by atoms with van der Waals surface area (Å²) in [6.45, 7) is 0. The third-order valence-electron chi connectivity index (χ3n) is 3.51. The highest BCUT2D eigenvalue weighted by Crippen LogP contribution is 2.38. The number of nitrogens with one attached hydrogen (secondary N) is 2. The van der Waals surface area contributed by atoms with E-state index in [-0.39, 0.29) is 23.3 Å². The highest BCUT2D eigenvalue weighted by Gasteiger charge is 2.37. The Morgan fingerprint density at radius 1 is 0.821 bits per heavy atom. The SMILES string of the molecule is COc1cccc(OC)c1NC(=O)Nc1cc(C(F)(F)F)cc(C(F)(F)F)c1. The van der Waals surface area contributed by atoms with Crippen molar-refractivity contribution in [2.45, 2.75) is 12.4 Å². The number of benzene rings is 2. The van der Waals surface area contributed by atoms with Crippen LogP contribution in [0.25, 0.3) is 0 Å². The first-order valence-corrected chi connectivity index (χ1v) is 7.54. The Morgan fingerprint density at radius 3 is 1.68 bits per heavy atom.